The van der Waals surface area contributed by atoms with Gasteiger partial charge < -0.3 is 10.1 Å². The number of halogens is 3. The van der Waals surface area contributed by atoms with Crippen molar-refractivity contribution in [1.82, 2.24) is 0 Å². The van der Waals surface area contributed by atoms with E-state index in [4.69, 9.17) is 5.26 Å². The van der Waals surface area contributed by atoms with Crippen molar-refractivity contribution < 1.29 is 22.7 Å². The second kappa shape index (κ2) is 5.09. The van der Waals surface area contributed by atoms with Crippen molar-refractivity contribution >= 4 is 17.7 Å². The lowest BCUT2D eigenvalue weighted by atomic mass is 10.1. The molecule has 0 aromatic heterocycles. The number of rotatable bonds is 1. The number of carbonyl (C=O) groups excluding carboxylic acids is 1. The molecule has 0 saturated heterocycles. The molecule has 102 valence electrons. The third-order valence-corrected chi connectivity index (χ3v) is 2.40. The number of alkyl halides is 3. The van der Waals surface area contributed by atoms with E-state index in [-0.39, 0.29) is 5.88 Å². The average Bonchev–Trinajstić information content (AvgIpc) is 2.58. The second-order valence-electron chi connectivity index (χ2n) is 3.82. The molecule has 1 aliphatic heterocycles. The number of anilines is 1. The van der Waals surface area contributed by atoms with E-state index >= 15 is 0 Å². The maximum Gasteiger partial charge on any atom is 0.491 e. The van der Waals surface area contributed by atoms with Crippen LogP contribution in [0.25, 0.3) is 6.08 Å². The molecule has 1 N–H and O–H groups in total. The molecule has 0 atom stereocenters. The molecular weight excluding hydrogens is 273 g/mol. The number of fused-ring (bicyclic) bond motifs is 1. The largest absolute Gasteiger partial charge is 0.491 e. The van der Waals surface area contributed by atoms with Gasteiger partial charge in [0.05, 0.1) is 11.6 Å². The lowest BCUT2D eigenvalue weighted by Crippen LogP contribution is -2.26. The molecule has 0 saturated carbocycles. The molecule has 1 aliphatic rings. The monoisotopic (exact) mass is 280 g/mol. The summed E-state index contributed by atoms with van der Waals surface area (Å²) in [6, 6.07) is 6.54. The highest BCUT2D eigenvalue weighted by atomic mass is 19.4. The van der Waals surface area contributed by atoms with Crippen molar-refractivity contribution in [2.75, 3.05) is 5.32 Å². The Kier molecular flexibility index (Phi) is 3.48. The first-order valence-electron chi connectivity index (χ1n) is 5.38. The molecule has 4 nitrogen and oxygen atoms in total. The lowest BCUT2D eigenvalue weighted by Gasteiger charge is -2.12. The smallest absolute Gasteiger partial charge is 0.403 e. The summed E-state index contributed by atoms with van der Waals surface area (Å²) in [5, 5.41) is 11.3. The molecule has 0 bridgehead atoms. The Morgan fingerprint density at radius 1 is 1.35 bits per heavy atom. The van der Waals surface area contributed by atoms with Crippen LogP contribution in [0.5, 0.6) is 0 Å². The van der Waals surface area contributed by atoms with Crippen LogP contribution >= 0.6 is 0 Å². The molecule has 0 amide bonds. The van der Waals surface area contributed by atoms with Crippen LogP contribution in [-0.2, 0) is 9.53 Å². The van der Waals surface area contributed by atoms with Gasteiger partial charge in [0.25, 0.3) is 0 Å². The molecule has 0 spiro atoms. The van der Waals surface area contributed by atoms with Gasteiger partial charge in [-0.25, -0.2) is 4.79 Å². The number of hydrogen-bond donors (Lipinski definition) is 1. The van der Waals surface area contributed by atoms with Gasteiger partial charge in [0.15, 0.2) is 0 Å². The van der Waals surface area contributed by atoms with Crippen molar-refractivity contribution in [2.24, 2.45) is 0 Å². The summed E-state index contributed by atoms with van der Waals surface area (Å²) >= 11 is 0. The van der Waals surface area contributed by atoms with Gasteiger partial charge in [0, 0.05) is 5.69 Å². The van der Waals surface area contributed by atoms with Crippen LogP contribution in [0.1, 0.15) is 11.1 Å². The molecule has 0 unspecified atom stereocenters. The second-order valence-corrected chi connectivity index (χ2v) is 3.82. The maximum atomic E-state index is 12.1. The normalized spacial score (nSPS) is 13.4. The lowest BCUT2D eigenvalue weighted by molar-refractivity contribution is -0.195. The Hall–Kier alpha value is -2.75. The third kappa shape index (κ3) is 2.98. The van der Waals surface area contributed by atoms with E-state index in [9.17, 15) is 18.0 Å². The molecule has 2 rings (SSSR count). The molecule has 0 fully saturated rings. The Labute approximate surface area is 111 Å². The van der Waals surface area contributed by atoms with Gasteiger partial charge in [-0.3, -0.25) is 0 Å². The van der Waals surface area contributed by atoms with Gasteiger partial charge in [0.1, 0.15) is 0 Å². The number of carbonyl (C=O) groups is 1. The van der Waals surface area contributed by atoms with Crippen LogP contribution < -0.4 is 5.32 Å². The van der Waals surface area contributed by atoms with E-state index in [0.29, 0.717) is 16.8 Å². The van der Waals surface area contributed by atoms with Crippen LogP contribution in [0.15, 0.2) is 36.2 Å². The zero-order chi connectivity index (χ0) is 14.8. The van der Waals surface area contributed by atoms with E-state index in [1.54, 1.807) is 18.2 Å². The first-order valence-corrected chi connectivity index (χ1v) is 5.38. The predicted octanol–water partition coefficient (Wildman–Crippen LogP) is 2.94. The van der Waals surface area contributed by atoms with Gasteiger partial charge in [-0.2, -0.15) is 18.4 Å². The van der Waals surface area contributed by atoms with Gasteiger partial charge in [-0.15, -0.1) is 0 Å². The zero-order valence-electron chi connectivity index (χ0n) is 9.86. The molecule has 7 heteroatoms. The molecule has 1 heterocycles. The summed E-state index contributed by atoms with van der Waals surface area (Å²) in [5.41, 5.74) is 1.35. The van der Waals surface area contributed by atoms with Gasteiger partial charge in [-0.1, -0.05) is 18.2 Å². The average molecular weight is 280 g/mol. The zero-order valence-corrected chi connectivity index (χ0v) is 9.86. The maximum absolute atomic E-state index is 12.1. The fourth-order valence-corrected chi connectivity index (χ4v) is 1.51. The van der Waals surface area contributed by atoms with Crippen LogP contribution in [-0.4, -0.2) is 12.1 Å². The molecular formula is C13H7F3N2O2. The number of nitrogens with one attached hydrogen (secondary N) is 1. The van der Waals surface area contributed by atoms with Gasteiger partial charge in [-0.05, 0) is 23.8 Å². The Morgan fingerprint density at radius 3 is 2.75 bits per heavy atom. The highest BCUT2D eigenvalue weighted by molar-refractivity contribution is 5.78. The van der Waals surface area contributed by atoms with Crippen molar-refractivity contribution in [3.05, 3.63) is 47.4 Å². The number of allylic oxidation sites excluding steroid dienone is 2. The van der Waals surface area contributed by atoms with Crippen LogP contribution in [0.4, 0.5) is 18.9 Å². The fourth-order valence-electron chi connectivity index (χ4n) is 1.51. The summed E-state index contributed by atoms with van der Waals surface area (Å²) in [7, 11) is 0. The first-order chi connectivity index (χ1) is 9.40. The highest BCUT2D eigenvalue weighted by Gasteiger charge is 2.41. The van der Waals surface area contributed by atoms with Crippen molar-refractivity contribution in [2.45, 2.75) is 6.18 Å². The van der Waals surface area contributed by atoms with Gasteiger partial charge in [0.2, 0.25) is 5.88 Å². The highest BCUT2D eigenvalue weighted by Crippen LogP contribution is 2.25. The van der Waals surface area contributed by atoms with Crippen LogP contribution in [0, 0.1) is 11.3 Å². The molecule has 1 aromatic carbocycles. The summed E-state index contributed by atoms with van der Waals surface area (Å²) in [5.74, 6) is -2.68. The number of hydrogen-bond acceptors (Lipinski definition) is 4. The number of nitriles is 1. The first kappa shape index (κ1) is 13.7. The van der Waals surface area contributed by atoms with Crippen LogP contribution in [0.3, 0.4) is 0 Å². The fraction of sp³-hybridized carbons (Fsp3) is 0.0769. The Bertz CT molecular complexity index is 655. The minimum absolute atomic E-state index is 0.327. The third-order valence-electron chi connectivity index (χ3n) is 2.40. The van der Waals surface area contributed by atoms with Crippen LogP contribution in [0.2, 0.25) is 0 Å². The van der Waals surface area contributed by atoms with Crippen molar-refractivity contribution in [3.8, 4) is 6.07 Å². The van der Waals surface area contributed by atoms with Gasteiger partial charge >= 0.3 is 12.1 Å². The Morgan fingerprint density at radius 2 is 2.10 bits per heavy atom. The van der Waals surface area contributed by atoms with E-state index in [2.05, 4.69) is 10.1 Å². The summed E-state index contributed by atoms with van der Waals surface area (Å²) in [4.78, 5) is 10.8. The number of esters is 1. The summed E-state index contributed by atoms with van der Waals surface area (Å²) in [6.07, 6.45) is -0.840. The van der Waals surface area contributed by atoms with E-state index < -0.39 is 12.1 Å². The minimum Gasteiger partial charge on any atom is -0.403 e. The topological polar surface area (TPSA) is 62.1 Å². The van der Waals surface area contributed by atoms with E-state index in [1.807, 2.05) is 6.07 Å². The molecule has 0 aliphatic carbocycles. The molecule has 1 aromatic rings. The number of benzene rings is 1. The van der Waals surface area contributed by atoms with Crippen molar-refractivity contribution in [1.29, 1.82) is 5.26 Å². The number of nitrogens with zero attached hydrogens (tertiary/aromatic N) is 1. The summed E-state index contributed by atoms with van der Waals surface area (Å²) < 4.78 is 40.6. The SMILES string of the molecule is N#Cc1ccc2c(c1)NC(OC(=O)C(F)(F)F)=CC=C2. The molecule has 0 radical (unpaired) electrons. The quantitative estimate of drug-likeness (QED) is 0.803. The van der Waals surface area contributed by atoms with E-state index in [0.717, 1.165) is 0 Å². The Balaban J connectivity index is 2.24. The number of ether oxygens (including phenoxy) is 1. The standard InChI is InChI=1S/C13H7F3N2O2/c14-13(15,16)12(19)20-11-3-1-2-9-5-4-8(7-17)6-10(9)18-11/h1-6,18H. The predicted molar refractivity (Wildman–Crippen MR) is 64.0 cm³/mol. The van der Waals surface area contributed by atoms with E-state index in [1.165, 1.54) is 18.2 Å². The van der Waals surface area contributed by atoms with Crippen molar-refractivity contribution in [3.63, 3.8) is 0 Å². The summed E-state index contributed by atoms with van der Waals surface area (Å²) in [6.45, 7) is 0. The molecule has 20 heavy (non-hydrogen) atoms. The minimum atomic E-state index is -5.07.